The monoisotopic (exact) mass is 509 g/mol. The second-order valence-corrected chi connectivity index (χ2v) is 8.71. The van der Waals surface area contributed by atoms with Gasteiger partial charge in [0.05, 0.1) is 40.9 Å². The van der Waals surface area contributed by atoms with Gasteiger partial charge in [-0.05, 0) is 41.0 Å². The van der Waals surface area contributed by atoms with Crippen molar-refractivity contribution >= 4 is 10.9 Å². The number of hydrogen-bond donors (Lipinski definition) is 1. The minimum Gasteiger partial charge on any atom is -0.374 e. The van der Waals surface area contributed by atoms with Crippen LogP contribution in [-0.2, 0) is 18.8 Å². The van der Waals surface area contributed by atoms with Crippen LogP contribution in [-0.4, -0.2) is 19.6 Å². The number of imidazole rings is 1. The first-order chi connectivity index (χ1) is 18.2. The molecule has 2 heterocycles. The van der Waals surface area contributed by atoms with Gasteiger partial charge in [-0.1, -0.05) is 48.5 Å². The summed E-state index contributed by atoms with van der Waals surface area (Å²) in [5.41, 5.74) is -1.88. The second-order valence-electron chi connectivity index (χ2n) is 8.71. The molecule has 6 nitrogen and oxygen atoms in total. The number of halogens is 3. The van der Waals surface area contributed by atoms with Crippen LogP contribution in [0.3, 0.4) is 0 Å². The van der Waals surface area contributed by atoms with Gasteiger partial charge in [0.15, 0.2) is 11.3 Å². The molecule has 5 aromatic rings. The average molecular weight is 509 g/mol. The zero-order chi connectivity index (χ0) is 27.1. The second kappa shape index (κ2) is 9.15. The molecule has 0 radical (unpaired) electrons. The van der Waals surface area contributed by atoms with Crippen LogP contribution < -0.4 is 0 Å². The molecular weight excluding hydrogens is 491 g/mol. The normalized spacial score (nSPS) is 13.0. The first-order valence-electron chi connectivity index (χ1n) is 11.4. The Balaban J connectivity index is 1.85. The van der Waals surface area contributed by atoms with Crippen molar-refractivity contribution in [3.05, 3.63) is 119 Å². The van der Waals surface area contributed by atoms with E-state index in [4.69, 9.17) is 0 Å². The summed E-state index contributed by atoms with van der Waals surface area (Å²) in [4.78, 5) is 8.04. The zero-order valence-electron chi connectivity index (χ0n) is 19.9. The maximum atomic E-state index is 14.1. The van der Waals surface area contributed by atoms with Crippen molar-refractivity contribution in [3.8, 4) is 23.3 Å². The number of alkyl halides is 3. The smallest absolute Gasteiger partial charge is 0.374 e. The summed E-state index contributed by atoms with van der Waals surface area (Å²) in [6.07, 6.45) is -1.81. The Hall–Kier alpha value is -4.99. The summed E-state index contributed by atoms with van der Waals surface area (Å²) >= 11 is 0. The van der Waals surface area contributed by atoms with E-state index in [1.807, 2.05) is 12.1 Å². The van der Waals surface area contributed by atoms with E-state index in [0.717, 1.165) is 0 Å². The molecule has 5 rings (SSSR count). The Morgan fingerprint density at radius 1 is 0.895 bits per heavy atom. The van der Waals surface area contributed by atoms with Gasteiger partial charge in [0.1, 0.15) is 6.07 Å². The highest BCUT2D eigenvalue weighted by atomic mass is 19.4. The number of aliphatic hydroxyl groups is 1. The predicted octanol–water partition coefficient (Wildman–Crippen LogP) is 5.68. The molecule has 2 aromatic heterocycles. The third-order valence-electron chi connectivity index (χ3n) is 6.46. The van der Waals surface area contributed by atoms with Crippen LogP contribution in [0.2, 0.25) is 0 Å². The molecule has 0 aliphatic heterocycles. The van der Waals surface area contributed by atoms with Crippen LogP contribution in [0.4, 0.5) is 13.2 Å². The number of nitrogens with zero attached hydrogens (tertiary/aromatic N) is 5. The molecule has 186 valence electrons. The lowest BCUT2D eigenvalue weighted by atomic mass is 9.82. The van der Waals surface area contributed by atoms with E-state index in [2.05, 4.69) is 9.97 Å². The first kappa shape index (κ1) is 24.7. The predicted molar refractivity (Wildman–Crippen MR) is 133 cm³/mol. The molecule has 0 amide bonds. The molecule has 0 saturated heterocycles. The quantitative estimate of drug-likeness (QED) is 0.336. The largest absolute Gasteiger partial charge is 0.434 e. The number of aryl methyl sites for hydroxylation is 1. The van der Waals surface area contributed by atoms with E-state index >= 15 is 0 Å². The van der Waals surface area contributed by atoms with Gasteiger partial charge in [-0.25, -0.2) is 9.97 Å². The molecule has 1 N–H and O–H groups in total. The fourth-order valence-electron chi connectivity index (χ4n) is 4.65. The van der Waals surface area contributed by atoms with Crippen molar-refractivity contribution < 1.29 is 18.3 Å². The van der Waals surface area contributed by atoms with Crippen molar-refractivity contribution in [2.24, 2.45) is 7.05 Å². The van der Waals surface area contributed by atoms with Gasteiger partial charge in [-0.2, -0.15) is 23.7 Å². The lowest BCUT2D eigenvalue weighted by Gasteiger charge is -2.30. The molecule has 1 atom stereocenters. The summed E-state index contributed by atoms with van der Waals surface area (Å²) in [6, 6.07) is 22.4. The number of rotatable bonds is 4. The highest BCUT2D eigenvalue weighted by Gasteiger charge is 2.40. The van der Waals surface area contributed by atoms with Gasteiger partial charge in [-0.15, -0.1) is 0 Å². The fourth-order valence-corrected chi connectivity index (χ4v) is 4.65. The Morgan fingerprint density at radius 3 is 2.16 bits per heavy atom. The van der Waals surface area contributed by atoms with Crippen molar-refractivity contribution in [1.82, 2.24) is 14.5 Å². The minimum atomic E-state index is -4.80. The SMILES string of the molecule is Cn1cncc1C(O)(c1ccc(C#N)cc1)c1ccc2nc(C(F)(F)F)c(-c3ccccc3)c(C#N)c2c1. The topological polar surface area (TPSA) is 98.5 Å². The summed E-state index contributed by atoms with van der Waals surface area (Å²) in [5.74, 6) is 0. The number of hydrogen-bond acceptors (Lipinski definition) is 5. The summed E-state index contributed by atoms with van der Waals surface area (Å²) < 4.78 is 44.0. The van der Waals surface area contributed by atoms with Crippen molar-refractivity contribution in [2.75, 3.05) is 0 Å². The zero-order valence-corrected chi connectivity index (χ0v) is 19.9. The first-order valence-corrected chi connectivity index (χ1v) is 11.4. The van der Waals surface area contributed by atoms with E-state index in [0.29, 0.717) is 16.8 Å². The summed E-state index contributed by atoms with van der Waals surface area (Å²) in [6.45, 7) is 0. The highest BCUT2D eigenvalue weighted by molar-refractivity contribution is 5.93. The minimum absolute atomic E-state index is 0.0375. The number of benzene rings is 3. The van der Waals surface area contributed by atoms with Crippen molar-refractivity contribution in [3.63, 3.8) is 0 Å². The lowest BCUT2D eigenvalue weighted by Crippen LogP contribution is -2.31. The van der Waals surface area contributed by atoms with Crippen LogP contribution in [0.1, 0.15) is 33.6 Å². The maximum absolute atomic E-state index is 14.1. The standard InChI is InChI=1S/C29H18F3N5O/c1-37-17-35-16-25(37)28(38,20-9-7-18(14-33)8-10-20)21-11-12-24-22(13-21)23(15-34)26(19-5-3-2-4-6-19)27(36-24)29(30,31)32/h2-13,16-17,38H,1H3. The molecule has 0 bridgehead atoms. The van der Waals surface area contributed by atoms with Crippen LogP contribution in [0.25, 0.3) is 22.0 Å². The molecule has 0 saturated carbocycles. The van der Waals surface area contributed by atoms with Crippen molar-refractivity contribution in [1.29, 1.82) is 10.5 Å². The van der Waals surface area contributed by atoms with Crippen LogP contribution >= 0.6 is 0 Å². The number of nitriles is 2. The third-order valence-corrected chi connectivity index (χ3v) is 6.46. The molecule has 0 aliphatic carbocycles. The Kier molecular flexibility index (Phi) is 5.94. The van der Waals surface area contributed by atoms with E-state index in [9.17, 15) is 28.8 Å². The fraction of sp³-hybridized carbons (Fsp3) is 0.103. The highest BCUT2D eigenvalue weighted by Crippen LogP contribution is 2.42. The van der Waals surface area contributed by atoms with E-state index in [1.54, 1.807) is 54.1 Å². The summed E-state index contributed by atoms with van der Waals surface area (Å²) in [7, 11) is 1.70. The third kappa shape index (κ3) is 3.96. The lowest BCUT2D eigenvalue weighted by molar-refractivity contribution is -0.140. The molecule has 3 aromatic carbocycles. The Labute approximate surface area is 215 Å². The molecule has 9 heteroatoms. The van der Waals surface area contributed by atoms with E-state index in [-0.39, 0.29) is 33.2 Å². The van der Waals surface area contributed by atoms with Crippen LogP contribution in [0, 0.1) is 22.7 Å². The molecule has 38 heavy (non-hydrogen) atoms. The van der Waals surface area contributed by atoms with E-state index in [1.165, 1.54) is 42.9 Å². The van der Waals surface area contributed by atoms with Crippen LogP contribution in [0.5, 0.6) is 0 Å². The molecule has 1 unspecified atom stereocenters. The Bertz CT molecular complexity index is 1750. The van der Waals surface area contributed by atoms with Crippen LogP contribution in [0.15, 0.2) is 85.3 Å². The van der Waals surface area contributed by atoms with Gasteiger partial charge < -0.3 is 9.67 Å². The van der Waals surface area contributed by atoms with Gasteiger partial charge in [-0.3, -0.25) is 0 Å². The Morgan fingerprint density at radius 2 is 1.58 bits per heavy atom. The van der Waals surface area contributed by atoms with Gasteiger partial charge in [0.2, 0.25) is 0 Å². The van der Waals surface area contributed by atoms with Gasteiger partial charge in [0.25, 0.3) is 0 Å². The molecule has 0 aliphatic rings. The number of pyridine rings is 1. The summed E-state index contributed by atoms with van der Waals surface area (Å²) in [5, 5.41) is 31.7. The van der Waals surface area contributed by atoms with Gasteiger partial charge in [0, 0.05) is 18.0 Å². The van der Waals surface area contributed by atoms with Gasteiger partial charge >= 0.3 is 6.18 Å². The van der Waals surface area contributed by atoms with E-state index < -0.39 is 17.5 Å². The number of fused-ring (bicyclic) bond motifs is 1. The molecular formula is C29H18F3N5O. The maximum Gasteiger partial charge on any atom is 0.434 e. The molecule has 0 fully saturated rings. The number of aromatic nitrogens is 3. The molecule has 0 spiro atoms. The average Bonchev–Trinajstić information content (AvgIpc) is 3.37. The van der Waals surface area contributed by atoms with Crippen molar-refractivity contribution in [2.45, 2.75) is 11.8 Å².